The number of fused-ring (bicyclic) bond motifs is 1. The Kier molecular flexibility index (Phi) is 3.76. The number of benzene rings is 1. The molecule has 1 heterocycles. The number of hydrogen-bond donors (Lipinski definition) is 1. The maximum atomic E-state index is 11.5. The molecule has 100 valence electrons. The molecule has 1 N–H and O–H groups in total. The van der Waals surface area contributed by atoms with Gasteiger partial charge in [-0.05, 0) is 26.0 Å². The third-order valence-electron chi connectivity index (χ3n) is 2.91. The summed E-state index contributed by atoms with van der Waals surface area (Å²) in [6, 6.07) is 7.68. The highest BCUT2D eigenvalue weighted by Crippen LogP contribution is 2.10. The highest BCUT2D eigenvalue weighted by molar-refractivity contribution is 5.79. The van der Waals surface area contributed by atoms with Crippen molar-refractivity contribution >= 4 is 17.0 Å². The van der Waals surface area contributed by atoms with Crippen LogP contribution in [0.2, 0.25) is 0 Å². The first-order chi connectivity index (χ1) is 9.03. The molecule has 5 heteroatoms. The molecule has 2 rings (SSSR count). The molecule has 0 unspecified atom stereocenters. The van der Waals surface area contributed by atoms with E-state index in [2.05, 4.69) is 15.3 Å². The molecule has 0 bridgehead atoms. The Labute approximate surface area is 112 Å². The van der Waals surface area contributed by atoms with Crippen LogP contribution in [0.1, 0.15) is 19.5 Å². The first-order valence-corrected chi connectivity index (χ1v) is 6.07. The van der Waals surface area contributed by atoms with Crippen LogP contribution in [-0.4, -0.2) is 28.6 Å². The highest BCUT2D eigenvalue weighted by atomic mass is 16.5. The van der Waals surface area contributed by atoms with Crippen LogP contribution in [0.4, 0.5) is 0 Å². The number of rotatable bonds is 4. The molecule has 2 aromatic rings. The van der Waals surface area contributed by atoms with Crippen molar-refractivity contribution in [1.29, 1.82) is 0 Å². The molecule has 0 atom stereocenters. The van der Waals surface area contributed by atoms with E-state index in [-0.39, 0.29) is 5.97 Å². The van der Waals surface area contributed by atoms with E-state index < -0.39 is 5.54 Å². The van der Waals surface area contributed by atoms with Gasteiger partial charge < -0.3 is 4.74 Å². The number of nitrogens with one attached hydrogen (secondary N) is 1. The third-order valence-corrected chi connectivity index (χ3v) is 2.91. The van der Waals surface area contributed by atoms with Gasteiger partial charge in [0.1, 0.15) is 5.54 Å². The lowest BCUT2D eigenvalue weighted by Gasteiger charge is -2.22. The van der Waals surface area contributed by atoms with Crippen molar-refractivity contribution in [3.05, 3.63) is 36.2 Å². The molecule has 1 aromatic heterocycles. The normalized spacial score (nSPS) is 11.5. The summed E-state index contributed by atoms with van der Waals surface area (Å²) in [6.45, 7) is 4.00. The Morgan fingerprint density at radius 2 is 2.00 bits per heavy atom. The predicted molar refractivity (Wildman–Crippen MR) is 72.5 cm³/mol. The van der Waals surface area contributed by atoms with Crippen molar-refractivity contribution in [2.75, 3.05) is 7.11 Å². The zero-order valence-corrected chi connectivity index (χ0v) is 11.3. The Bertz CT molecular complexity index is 596. The van der Waals surface area contributed by atoms with Gasteiger partial charge >= 0.3 is 5.97 Å². The van der Waals surface area contributed by atoms with E-state index in [1.165, 1.54) is 7.11 Å². The number of esters is 1. The van der Waals surface area contributed by atoms with Crippen molar-refractivity contribution in [3.8, 4) is 0 Å². The number of hydrogen-bond acceptors (Lipinski definition) is 5. The second-order valence-corrected chi connectivity index (χ2v) is 4.82. The molecule has 0 radical (unpaired) electrons. The molecular formula is C14H17N3O2. The number of aromatic nitrogens is 2. The summed E-state index contributed by atoms with van der Waals surface area (Å²) < 4.78 is 4.74. The number of methoxy groups -OCH3 is 1. The van der Waals surface area contributed by atoms with Gasteiger partial charge in [0.25, 0.3) is 0 Å². The first kappa shape index (κ1) is 13.4. The van der Waals surface area contributed by atoms with Crippen molar-refractivity contribution < 1.29 is 9.53 Å². The van der Waals surface area contributed by atoms with Crippen LogP contribution in [0, 0.1) is 0 Å². The molecule has 0 amide bonds. The van der Waals surface area contributed by atoms with E-state index in [1.54, 1.807) is 20.0 Å². The second-order valence-electron chi connectivity index (χ2n) is 4.82. The van der Waals surface area contributed by atoms with Crippen LogP contribution < -0.4 is 5.32 Å². The van der Waals surface area contributed by atoms with Gasteiger partial charge in [-0.15, -0.1) is 0 Å². The molecule has 0 aliphatic heterocycles. The van der Waals surface area contributed by atoms with Gasteiger partial charge in [0, 0.05) is 6.54 Å². The van der Waals surface area contributed by atoms with E-state index >= 15 is 0 Å². The van der Waals surface area contributed by atoms with Gasteiger partial charge in [-0.3, -0.25) is 15.1 Å². The summed E-state index contributed by atoms with van der Waals surface area (Å²) in [5, 5.41) is 3.11. The van der Waals surface area contributed by atoms with E-state index in [0.717, 1.165) is 16.7 Å². The lowest BCUT2D eigenvalue weighted by atomic mass is 10.1. The SMILES string of the molecule is COC(=O)C(C)(C)NCc1cnc2ccccc2n1. The van der Waals surface area contributed by atoms with Gasteiger partial charge in [0.15, 0.2) is 0 Å². The molecular weight excluding hydrogens is 242 g/mol. The zero-order valence-electron chi connectivity index (χ0n) is 11.3. The minimum Gasteiger partial charge on any atom is -0.468 e. The van der Waals surface area contributed by atoms with Gasteiger partial charge in [-0.1, -0.05) is 12.1 Å². The second kappa shape index (κ2) is 5.32. The van der Waals surface area contributed by atoms with Gasteiger partial charge in [0.2, 0.25) is 0 Å². The number of carbonyl (C=O) groups excluding carboxylic acids is 1. The standard InChI is InChI=1S/C14H17N3O2/c1-14(2,13(18)19-3)16-9-10-8-15-11-6-4-5-7-12(11)17-10/h4-8,16H,9H2,1-3H3. The molecule has 19 heavy (non-hydrogen) atoms. The van der Waals surface area contributed by atoms with Crippen LogP contribution in [0.25, 0.3) is 11.0 Å². The molecule has 1 aromatic carbocycles. The Hall–Kier alpha value is -2.01. The molecule has 0 saturated carbocycles. The fraction of sp³-hybridized carbons (Fsp3) is 0.357. The molecule has 0 saturated heterocycles. The van der Waals surface area contributed by atoms with Crippen LogP contribution in [0.5, 0.6) is 0 Å². The van der Waals surface area contributed by atoms with Gasteiger partial charge in [0.05, 0.1) is 30.0 Å². The topological polar surface area (TPSA) is 64.1 Å². The number of nitrogens with zero attached hydrogens (tertiary/aromatic N) is 2. The monoisotopic (exact) mass is 259 g/mol. The van der Waals surface area contributed by atoms with E-state index in [0.29, 0.717) is 6.54 Å². The van der Waals surface area contributed by atoms with Crippen molar-refractivity contribution in [2.45, 2.75) is 25.9 Å². The lowest BCUT2D eigenvalue weighted by molar-refractivity contribution is -0.147. The molecule has 0 fully saturated rings. The van der Waals surface area contributed by atoms with Crippen LogP contribution in [0.3, 0.4) is 0 Å². The van der Waals surface area contributed by atoms with Crippen molar-refractivity contribution in [1.82, 2.24) is 15.3 Å². The molecule has 5 nitrogen and oxygen atoms in total. The van der Waals surface area contributed by atoms with Crippen LogP contribution >= 0.6 is 0 Å². The summed E-state index contributed by atoms with van der Waals surface area (Å²) in [5.41, 5.74) is 1.74. The number of ether oxygens (including phenoxy) is 1. The smallest absolute Gasteiger partial charge is 0.325 e. The summed E-state index contributed by atoms with van der Waals surface area (Å²) >= 11 is 0. The number of carbonyl (C=O) groups is 1. The zero-order chi connectivity index (χ0) is 13.9. The Balaban J connectivity index is 2.12. The lowest BCUT2D eigenvalue weighted by Crippen LogP contribution is -2.47. The quantitative estimate of drug-likeness (QED) is 0.846. The minimum atomic E-state index is -0.748. The summed E-state index contributed by atoms with van der Waals surface area (Å²) in [4.78, 5) is 20.4. The fourth-order valence-electron chi connectivity index (χ4n) is 1.72. The maximum Gasteiger partial charge on any atom is 0.325 e. The third kappa shape index (κ3) is 3.06. The largest absolute Gasteiger partial charge is 0.468 e. The summed E-state index contributed by atoms with van der Waals surface area (Å²) in [7, 11) is 1.38. The number of para-hydroxylation sites is 2. The predicted octanol–water partition coefficient (Wildman–Crippen LogP) is 1.67. The van der Waals surface area contributed by atoms with Gasteiger partial charge in [-0.2, -0.15) is 0 Å². The van der Waals surface area contributed by atoms with E-state index in [1.807, 2.05) is 24.3 Å². The van der Waals surface area contributed by atoms with Crippen molar-refractivity contribution in [3.63, 3.8) is 0 Å². The van der Waals surface area contributed by atoms with Crippen LogP contribution in [-0.2, 0) is 16.1 Å². The van der Waals surface area contributed by atoms with E-state index in [9.17, 15) is 4.79 Å². The Morgan fingerprint density at radius 3 is 2.68 bits per heavy atom. The maximum absolute atomic E-state index is 11.5. The average Bonchev–Trinajstić information content (AvgIpc) is 2.44. The van der Waals surface area contributed by atoms with Crippen LogP contribution in [0.15, 0.2) is 30.5 Å². The van der Waals surface area contributed by atoms with Crippen molar-refractivity contribution in [2.24, 2.45) is 0 Å². The average molecular weight is 259 g/mol. The highest BCUT2D eigenvalue weighted by Gasteiger charge is 2.27. The minimum absolute atomic E-state index is 0.304. The first-order valence-electron chi connectivity index (χ1n) is 6.07. The Morgan fingerprint density at radius 1 is 1.32 bits per heavy atom. The molecule has 0 aliphatic carbocycles. The van der Waals surface area contributed by atoms with Gasteiger partial charge in [-0.25, -0.2) is 4.98 Å². The fourth-order valence-corrected chi connectivity index (χ4v) is 1.72. The molecule has 0 spiro atoms. The molecule has 0 aliphatic rings. The van der Waals surface area contributed by atoms with E-state index in [4.69, 9.17) is 4.74 Å². The summed E-state index contributed by atoms with van der Waals surface area (Å²) in [5.74, 6) is -0.304. The summed E-state index contributed by atoms with van der Waals surface area (Å²) in [6.07, 6.45) is 1.71.